The molecule has 1 unspecified atom stereocenters. The third-order valence-electron chi connectivity index (χ3n) is 4.47. The molecule has 0 spiro atoms. The maximum atomic E-state index is 11.9. The number of benzene rings is 1. The maximum Gasteiger partial charge on any atom is 0.215 e. The molecule has 0 radical (unpaired) electrons. The molecule has 0 aliphatic carbocycles. The molecule has 0 amide bonds. The molecule has 0 saturated carbocycles. The number of aryl methyl sites for hydroxylation is 1. The zero-order chi connectivity index (χ0) is 16.6. The Morgan fingerprint density at radius 1 is 1.39 bits per heavy atom. The first-order valence-electron chi connectivity index (χ1n) is 7.61. The molecule has 1 aliphatic heterocycles. The largest absolute Gasteiger partial charge is 0.296 e. The lowest BCUT2D eigenvalue weighted by Crippen LogP contribution is -2.34. The van der Waals surface area contributed by atoms with Crippen LogP contribution in [0.25, 0.3) is 10.9 Å². The van der Waals surface area contributed by atoms with Gasteiger partial charge in [0, 0.05) is 18.5 Å². The van der Waals surface area contributed by atoms with Gasteiger partial charge in [0.05, 0.1) is 21.5 Å². The van der Waals surface area contributed by atoms with Gasteiger partial charge in [0.25, 0.3) is 0 Å². The van der Waals surface area contributed by atoms with Gasteiger partial charge in [0.15, 0.2) is 0 Å². The van der Waals surface area contributed by atoms with E-state index in [1.165, 1.54) is 7.05 Å². The quantitative estimate of drug-likeness (QED) is 0.916. The normalized spacial score (nSPS) is 19.5. The highest BCUT2D eigenvalue weighted by atomic mass is 35.5. The van der Waals surface area contributed by atoms with E-state index in [-0.39, 0.29) is 5.25 Å². The molecule has 23 heavy (non-hydrogen) atoms. The first-order valence-corrected chi connectivity index (χ1v) is 9.53. The van der Waals surface area contributed by atoms with Gasteiger partial charge in [0.2, 0.25) is 10.0 Å². The van der Waals surface area contributed by atoms with Crippen molar-refractivity contribution in [3.63, 3.8) is 0 Å². The van der Waals surface area contributed by atoms with Crippen LogP contribution in [0, 0.1) is 6.92 Å². The maximum absolute atomic E-state index is 11.9. The lowest BCUT2D eigenvalue weighted by Gasteiger charge is -2.18. The minimum atomic E-state index is -3.22. The van der Waals surface area contributed by atoms with E-state index in [0.717, 1.165) is 28.7 Å². The third kappa shape index (κ3) is 3.21. The van der Waals surface area contributed by atoms with Crippen LogP contribution in [0.5, 0.6) is 0 Å². The van der Waals surface area contributed by atoms with E-state index in [2.05, 4.69) is 14.6 Å². The number of pyridine rings is 1. The summed E-state index contributed by atoms with van der Waals surface area (Å²) in [5.74, 6) is 0. The molecule has 5 nitrogen and oxygen atoms in total. The number of para-hydroxylation sites is 1. The van der Waals surface area contributed by atoms with Crippen molar-refractivity contribution < 1.29 is 8.42 Å². The van der Waals surface area contributed by atoms with Gasteiger partial charge in [-0.3, -0.25) is 4.90 Å². The summed E-state index contributed by atoms with van der Waals surface area (Å²) in [6.45, 7) is 3.80. The molecule has 2 heterocycles. The van der Waals surface area contributed by atoms with E-state index >= 15 is 0 Å². The number of sulfonamides is 1. The van der Waals surface area contributed by atoms with Crippen LogP contribution in [0.15, 0.2) is 24.3 Å². The van der Waals surface area contributed by atoms with Crippen molar-refractivity contribution in [3.05, 3.63) is 40.5 Å². The Kier molecular flexibility index (Phi) is 4.60. The van der Waals surface area contributed by atoms with Gasteiger partial charge in [-0.2, -0.15) is 0 Å². The number of hydrogen-bond acceptors (Lipinski definition) is 4. The van der Waals surface area contributed by atoms with Crippen LogP contribution >= 0.6 is 11.6 Å². The molecule has 3 rings (SSSR count). The van der Waals surface area contributed by atoms with Gasteiger partial charge in [-0.1, -0.05) is 29.8 Å². The van der Waals surface area contributed by atoms with Gasteiger partial charge in [-0.25, -0.2) is 18.1 Å². The van der Waals surface area contributed by atoms with Crippen molar-refractivity contribution in [2.24, 2.45) is 0 Å². The van der Waals surface area contributed by atoms with E-state index in [1.54, 1.807) is 0 Å². The van der Waals surface area contributed by atoms with Crippen LogP contribution in [0.4, 0.5) is 0 Å². The van der Waals surface area contributed by atoms with E-state index in [0.29, 0.717) is 24.5 Å². The minimum Gasteiger partial charge on any atom is -0.296 e. The summed E-state index contributed by atoms with van der Waals surface area (Å²) in [6.07, 6.45) is 0.632. The molecule has 1 aromatic heterocycles. The molecule has 1 N–H and O–H groups in total. The monoisotopic (exact) mass is 353 g/mol. The number of nitrogens with zero attached hydrogens (tertiary/aromatic N) is 2. The molecular weight excluding hydrogens is 334 g/mol. The molecule has 1 atom stereocenters. The Balaban J connectivity index is 1.84. The number of aromatic nitrogens is 1. The zero-order valence-electron chi connectivity index (χ0n) is 13.2. The summed E-state index contributed by atoms with van der Waals surface area (Å²) in [5, 5.41) is 1.36. The Hall–Kier alpha value is -1.21. The Morgan fingerprint density at radius 2 is 2.13 bits per heavy atom. The van der Waals surface area contributed by atoms with Crippen molar-refractivity contribution in [1.82, 2.24) is 14.6 Å². The van der Waals surface area contributed by atoms with Crippen LogP contribution in [0.2, 0.25) is 5.02 Å². The van der Waals surface area contributed by atoms with Crippen molar-refractivity contribution in [1.29, 1.82) is 0 Å². The molecule has 1 saturated heterocycles. The van der Waals surface area contributed by atoms with E-state index < -0.39 is 10.0 Å². The Bertz CT molecular complexity index is 839. The zero-order valence-corrected chi connectivity index (χ0v) is 14.8. The molecule has 124 valence electrons. The predicted molar refractivity (Wildman–Crippen MR) is 93.2 cm³/mol. The first kappa shape index (κ1) is 16.6. The second kappa shape index (κ2) is 6.36. The van der Waals surface area contributed by atoms with Crippen LogP contribution < -0.4 is 4.72 Å². The van der Waals surface area contributed by atoms with Crippen LogP contribution in [-0.2, 0) is 16.6 Å². The number of nitrogens with one attached hydrogen (secondary N) is 1. The predicted octanol–water partition coefficient (Wildman–Crippen LogP) is 2.32. The Labute approximate surface area is 141 Å². The first-order chi connectivity index (χ1) is 10.9. The average Bonchev–Trinajstić information content (AvgIpc) is 3.02. The second-order valence-corrected chi connectivity index (χ2v) is 8.45. The van der Waals surface area contributed by atoms with Gasteiger partial charge in [-0.15, -0.1) is 0 Å². The van der Waals surface area contributed by atoms with Crippen molar-refractivity contribution in [2.45, 2.75) is 25.1 Å². The van der Waals surface area contributed by atoms with Crippen molar-refractivity contribution in [2.75, 3.05) is 20.1 Å². The number of rotatable bonds is 4. The summed E-state index contributed by atoms with van der Waals surface area (Å²) in [7, 11) is -1.76. The third-order valence-corrected chi connectivity index (χ3v) is 6.81. The Morgan fingerprint density at radius 3 is 2.87 bits per heavy atom. The van der Waals surface area contributed by atoms with Gasteiger partial charge in [-0.05, 0) is 38.6 Å². The SMILES string of the molecule is CNS(=O)(=O)C1CCN(Cc2nc3ccccc3c(C)c2Cl)C1. The number of fused-ring (bicyclic) bond motifs is 1. The highest BCUT2D eigenvalue weighted by Crippen LogP contribution is 2.28. The van der Waals surface area contributed by atoms with Crippen LogP contribution in [-0.4, -0.2) is 43.7 Å². The molecular formula is C16H20ClN3O2S. The van der Waals surface area contributed by atoms with Crippen LogP contribution in [0.3, 0.4) is 0 Å². The standard InChI is InChI=1S/C16H20ClN3O2S/c1-11-13-5-3-4-6-14(13)19-15(16(11)17)10-20-8-7-12(9-20)23(21,22)18-2/h3-6,12,18H,7-10H2,1-2H3. The highest BCUT2D eigenvalue weighted by Gasteiger charge is 2.32. The number of hydrogen-bond donors (Lipinski definition) is 1. The summed E-state index contributed by atoms with van der Waals surface area (Å²) >= 11 is 6.48. The molecule has 7 heteroatoms. The van der Waals surface area contributed by atoms with E-state index in [9.17, 15) is 8.42 Å². The fourth-order valence-electron chi connectivity index (χ4n) is 3.09. The summed E-state index contributed by atoms with van der Waals surface area (Å²) in [6, 6.07) is 7.91. The van der Waals surface area contributed by atoms with Crippen LogP contribution in [0.1, 0.15) is 17.7 Å². The van der Waals surface area contributed by atoms with Crippen molar-refractivity contribution in [3.8, 4) is 0 Å². The molecule has 0 bridgehead atoms. The van der Waals surface area contributed by atoms with E-state index in [4.69, 9.17) is 11.6 Å². The van der Waals surface area contributed by atoms with Gasteiger partial charge >= 0.3 is 0 Å². The average molecular weight is 354 g/mol. The lowest BCUT2D eigenvalue weighted by atomic mass is 10.1. The summed E-state index contributed by atoms with van der Waals surface area (Å²) in [4.78, 5) is 6.77. The molecule has 1 fully saturated rings. The number of likely N-dealkylation sites (tertiary alicyclic amines) is 1. The van der Waals surface area contributed by atoms with E-state index in [1.807, 2.05) is 31.2 Å². The van der Waals surface area contributed by atoms with Gasteiger partial charge in [0.1, 0.15) is 0 Å². The highest BCUT2D eigenvalue weighted by molar-refractivity contribution is 7.90. The topological polar surface area (TPSA) is 62.3 Å². The number of halogens is 1. The summed E-state index contributed by atoms with van der Waals surface area (Å²) < 4.78 is 26.2. The lowest BCUT2D eigenvalue weighted by molar-refractivity contribution is 0.327. The van der Waals surface area contributed by atoms with Gasteiger partial charge < -0.3 is 0 Å². The minimum absolute atomic E-state index is 0.368. The fourth-order valence-corrected chi connectivity index (χ4v) is 4.45. The fraction of sp³-hybridized carbons (Fsp3) is 0.438. The van der Waals surface area contributed by atoms with Crippen molar-refractivity contribution >= 4 is 32.5 Å². The second-order valence-electron chi connectivity index (χ2n) is 5.91. The molecule has 2 aromatic rings. The molecule has 1 aromatic carbocycles. The summed E-state index contributed by atoms with van der Waals surface area (Å²) in [5.41, 5.74) is 2.75. The molecule has 1 aliphatic rings. The smallest absolute Gasteiger partial charge is 0.215 e.